The van der Waals surface area contributed by atoms with Crippen LogP contribution < -0.4 is 0 Å². The second-order valence-electron chi connectivity index (χ2n) is 6.74. The van der Waals surface area contributed by atoms with Gasteiger partial charge in [-0.05, 0) is 18.8 Å². The summed E-state index contributed by atoms with van der Waals surface area (Å²) in [6.45, 7) is 10.6. The standard InChI is InChI=1S/C13H23F2N/c1-8-10(12(2,3)4)16-7-6-9(14)11(16)13(8,5)15/h8-11H,6-7H2,1-5H3. The van der Waals surface area contributed by atoms with Gasteiger partial charge in [-0.3, -0.25) is 4.90 Å². The maximum absolute atomic E-state index is 14.7. The fourth-order valence-corrected chi connectivity index (χ4v) is 3.88. The summed E-state index contributed by atoms with van der Waals surface area (Å²) < 4.78 is 28.5. The predicted octanol–water partition coefficient (Wildman–Crippen LogP) is 3.19. The van der Waals surface area contributed by atoms with Crippen LogP contribution in [0.1, 0.15) is 41.0 Å². The van der Waals surface area contributed by atoms with E-state index < -0.39 is 17.9 Å². The zero-order chi connectivity index (χ0) is 12.3. The van der Waals surface area contributed by atoms with E-state index in [-0.39, 0.29) is 17.4 Å². The summed E-state index contributed by atoms with van der Waals surface area (Å²) in [6, 6.07) is -0.375. The van der Waals surface area contributed by atoms with Crippen molar-refractivity contribution in [3.8, 4) is 0 Å². The summed E-state index contributed by atoms with van der Waals surface area (Å²) >= 11 is 0. The maximum Gasteiger partial charge on any atom is 0.130 e. The largest absolute Gasteiger partial charge is 0.291 e. The Labute approximate surface area is 97.2 Å². The zero-order valence-corrected chi connectivity index (χ0v) is 10.9. The molecule has 2 aliphatic heterocycles. The molecule has 16 heavy (non-hydrogen) atoms. The van der Waals surface area contributed by atoms with Crippen molar-refractivity contribution in [2.75, 3.05) is 6.54 Å². The summed E-state index contributed by atoms with van der Waals surface area (Å²) in [7, 11) is 0. The molecule has 0 aromatic heterocycles. The van der Waals surface area contributed by atoms with Gasteiger partial charge in [-0.1, -0.05) is 27.7 Å². The van der Waals surface area contributed by atoms with Gasteiger partial charge in [-0.15, -0.1) is 0 Å². The fourth-order valence-electron chi connectivity index (χ4n) is 3.88. The normalized spacial score (nSPS) is 49.7. The molecular weight excluding hydrogens is 208 g/mol. The van der Waals surface area contributed by atoms with E-state index in [1.54, 1.807) is 6.92 Å². The van der Waals surface area contributed by atoms with E-state index in [4.69, 9.17) is 0 Å². The Morgan fingerprint density at radius 3 is 2.38 bits per heavy atom. The molecule has 0 saturated carbocycles. The Morgan fingerprint density at radius 2 is 1.88 bits per heavy atom. The van der Waals surface area contributed by atoms with Crippen LogP contribution in [0, 0.1) is 11.3 Å². The molecule has 2 aliphatic rings. The second kappa shape index (κ2) is 3.41. The van der Waals surface area contributed by atoms with E-state index in [2.05, 4.69) is 25.7 Å². The summed E-state index contributed by atoms with van der Waals surface area (Å²) in [6.07, 6.45) is -0.506. The van der Waals surface area contributed by atoms with Crippen molar-refractivity contribution in [3.05, 3.63) is 0 Å². The van der Waals surface area contributed by atoms with Gasteiger partial charge in [-0.2, -0.15) is 0 Å². The number of hydrogen-bond acceptors (Lipinski definition) is 1. The topological polar surface area (TPSA) is 3.24 Å². The average Bonchev–Trinajstić information content (AvgIpc) is 2.53. The molecule has 2 heterocycles. The van der Waals surface area contributed by atoms with E-state index in [0.717, 1.165) is 0 Å². The molecule has 0 bridgehead atoms. The molecule has 2 saturated heterocycles. The third-order valence-corrected chi connectivity index (χ3v) is 4.55. The lowest BCUT2D eigenvalue weighted by atomic mass is 9.75. The molecule has 94 valence electrons. The summed E-state index contributed by atoms with van der Waals surface area (Å²) in [5.74, 6) is -0.101. The number of fused-ring (bicyclic) bond motifs is 1. The Kier molecular flexibility index (Phi) is 2.62. The number of alkyl halides is 2. The number of nitrogens with zero attached hydrogens (tertiary/aromatic N) is 1. The van der Waals surface area contributed by atoms with Gasteiger partial charge in [0.2, 0.25) is 0 Å². The van der Waals surface area contributed by atoms with Gasteiger partial charge in [0.05, 0.1) is 6.04 Å². The molecule has 0 aromatic rings. The molecule has 0 spiro atoms. The van der Waals surface area contributed by atoms with E-state index in [0.29, 0.717) is 13.0 Å². The number of hydrogen-bond donors (Lipinski definition) is 0. The highest BCUT2D eigenvalue weighted by Crippen LogP contribution is 2.51. The maximum atomic E-state index is 14.7. The van der Waals surface area contributed by atoms with E-state index in [1.165, 1.54) is 0 Å². The van der Waals surface area contributed by atoms with Gasteiger partial charge in [0, 0.05) is 18.5 Å². The Hall–Kier alpha value is -0.180. The quantitative estimate of drug-likeness (QED) is 0.619. The summed E-state index contributed by atoms with van der Waals surface area (Å²) in [4.78, 5) is 2.08. The average molecular weight is 231 g/mol. The van der Waals surface area contributed by atoms with Gasteiger partial charge in [0.1, 0.15) is 11.8 Å². The van der Waals surface area contributed by atoms with Crippen LogP contribution in [0.5, 0.6) is 0 Å². The molecule has 0 amide bonds. The Bertz CT molecular complexity index is 282. The summed E-state index contributed by atoms with van der Waals surface area (Å²) in [5, 5.41) is 0. The van der Waals surface area contributed by atoms with Gasteiger partial charge >= 0.3 is 0 Å². The lowest BCUT2D eigenvalue weighted by Gasteiger charge is -2.37. The van der Waals surface area contributed by atoms with E-state index in [9.17, 15) is 8.78 Å². The third-order valence-electron chi connectivity index (χ3n) is 4.55. The molecule has 0 N–H and O–H groups in total. The fraction of sp³-hybridized carbons (Fsp3) is 1.00. The molecule has 2 fully saturated rings. The molecular formula is C13H23F2N. The zero-order valence-electron chi connectivity index (χ0n) is 10.9. The monoisotopic (exact) mass is 231 g/mol. The van der Waals surface area contributed by atoms with Crippen LogP contribution in [0.3, 0.4) is 0 Å². The molecule has 2 rings (SSSR count). The van der Waals surface area contributed by atoms with Crippen molar-refractivity contribution < 1.29 is 8.78 Å². The molecule has 1 nitrogen and oxygen atoms in total. The van der Waals surface area contributed by atoms with Crippen molar-refractivity contribution in [1.29, 1.82) is 0 Å². The van der Waals surface area contributed by atoms with Crippen LogP contribution in [-0.2, 0) is 0 Å². The molecule has 5 unspecified atom stereocenters. The smallest absolute Gasteiger partial charge is 0.130 e. The highest BCUT2D eigenvalue weighted by molar-refractivity contribution is 5.14. The van der Waals surface area contributed by atoms with Gasteiger partial charge in [0.25, 0.3) is 0 Å². The van der Waals surface area contributed by atoms with E-state index in [1.807, 2.05) is 6.92 Å². The number of halogens is 2. The van der Waals surface area contributed by atoms with Crippen molar-refractivity contribution in [1.82, 2.24) is 4.90 Å². The molecule has 3 heteroatoms. The van der Waals surface area contributed by atoms with Crippen molar-refractivity contribution in [2.24, 2.45) is 11.3 Å². The van der Waals surface area contributed by atoms with Crippen LogP contribution in [-0.4, -0.2) is 35.4 Å². The van der Waals surface area contributed by atoms with Crippen molar-refractivity contribution in [3.63, 3.8) is 0 Å². The van der Waals surface area contributed by atoms with Gasteiger partial charge in [0.15, 0.2) is 0 Å². The minimum atomic E-state index is -1.39. The first kappa shape index (κ1) is 12.3. The van der Waals surface area contributed by atoms with Crippen molar-refractivity contribution >= 4 is 0 Å². The highest BCUT2D eigenvalue weighted by atomic mass is 19.2. The highest BCUT2D eigenvalue weighted by Gasteiger charge is 2.62. The van der Waals surface area contributed by atoms with Crippen LogP contribution in [0.2, 0.25) is 0 Å². The van der Waals surface area contributed by atoms with Gasteiger partial charge in [-0.25, -0.2) is 8.78 Å². The minimum Gasteiger partial charge on any atom is -0.291 e. The van der Waals surface area contributed by atoms with Crippen LogP contribution in [0.15, 0.2) is 0 Å². The van der Waals surface area contributed by atoms with E-state index >= 15 is 0 Å². The SMILES string of the molecule is CC1C(C(C)(C)C)N2CCC(F)C2C1(C)F. The minimum absolute atomic E-state index is 0.00553. The van der Waals surface area contributed by atoms with Crippen LogP contribution in [0.25, 0.3) is 0 Å². The Morgan fingerprint density at radius 1 is 1.31 bits per heavy atom. The molecule has 0 aromatic carbocycles. The lowest BCUT2D eigenvalue weighted by Crippen LogP contribution is -2.43. The third kappa shape index (κ3) is 1.51. The number of rotatable bonds is 0. The molecule has 5 atom stereocenters. The first-order valence-corrected chi connectivity index (χ1v) is 6.26. The van der Waals surface area contributed by atoms with Crippen LogP contribution >= 0.6 is 0 Å². The first-order valence-electron chi connectivity index (χ1n) is 6.26. The Balaban J connectivity index is 2.37. The predicted molar refractivity (Wildman–Crippen MR) is 61.9 cm³/mol. The van der Waals surface area contributed by atoms with Crippen LogP contribution in [0.4, 0.5) is 8.78 Å². The van der Waals surface area contributed by atoms with Gasteiger partial charge < -0.3 is 0 Å². The first-order chi connectivity index (χ1) is 7.17. The second-order valence-corrected chi connectivity index (χ2v) is 6.74. The molecule has 0 radical (unpaired) electrons. The summed E-state index contributed by atoms with van der Waals surface area (Å²) in [5.41, 5.74) is -1.39. The lowest BCUT2D eigenvalue weighted by molar-refractivity contribution is 0.0697. The van der Waals surface area contributed by atoms with Crippen molar-refractivity contribution in [2.45, 2.75) is 65.0 Å². The molecule has 0 aliphatic carbocycles.